The molecule has 0 atom stereocenters. The molecule has 4 nitrogen and oxygen atoms in total. The van der Waals surface area contributed by atoms with E-state index in [9.17, 15) is 0 Å². The van der Waals surface area contributed by atoms with Gasteiger partial charge in [0.05, 0.1) is 11.4 Å². The topological polar surface area (TPSA) is 64.1 Å². The SMILES string of the molecule is Nc1cc(-c2nc3ccccc3o2)ccc1NC12CC3CC(CC(C3)C1)C2. The molecule has 0 amide bonds. The van der Waals surface area contributed by atoms with E-state index in [-0.39, 0.29) is 5.54 Å². The molecule has 0 saturated heterocycles. The number of rotatable bonds is 3. The van der Waals surface area contributed by atoms with E-state index < -0.39 is 0 Å². The van der Waals surface area contributed by atoms with Gasteiger partial charge < -0.3 is 15.5 Å². The van der Waals surface area contributed by atoms with Crippen LogP contribution in [-0.4, -0.2) is 10.5 Å². The highest BCUT2D eigenvalue weighted by Crippen LogP contribution is 2.56. The zero-order chi connectivity index (χ0) is 18.0. The van der Waals surface area contributed by atoms with Crippen molar-refractivity contribution in [1.29, 1.82) is 0 Å². The minimum absolute atomic E-state index is 0.266. The molecule has 138 valence electrons. The zero-order valence-electron chi connectivity index (χ0n) is 15.4. The Kier molecular flexibility index (Phi) is 3.17. The van der Waals surface area contributed by atoms with Crippen molar-refractivity contribution < 1.29 is 4.42 Å². The standard InChI is InChI=1S/C23H25N3O/c24-18-10-17(22-25-20-3-1-2-4-21(20)27-22)5-6-19(18)26-23-11-14-7-15(12-23)9-16(8-14)13-23/h1-6,10,14-16,26H,7-9,11-13,24H2. The first-order valence-electron chi connectivity index (χ1n) is 10.2. The number of nitrogens with one attached hydrogen (secondary N) is 1. The molecule has 1 aromatic heterocycles. The fourth-order valence-electron chi connectivity index (χ4n) is 6.35. The number of anilines is 2. The van der Waals surface area contributed by atoms with Crippen molar-refractivity contribution >= 4 is 22.5 Å². The van der Waals surface area contributed by atoms with Crippen LogP contribution in [-0.2, 0) is 0 Å². The summed E-state index contributed by atoms with van der Waals surface area (Å²) in [6.07, 6.45) is 8.29. The largest absolute Gasteiger partial charge is 0.436 e. The second kappa shape index (κ2) is 5.51. The van der Waals surface area contributed by atoms with E-state index in [2.05, 4.69) is 22.4 Å². The smallest absolute Gasteiger partial charge is 0.227 e. The fraction of sp³-hybridized carbons (Fsp3) is 0.435. The highest BCUT2D eigenvalue weighted by atomic mass is 16.3. The third-order valence-electron chi connectivity index (χ3n) is 7.03. The molecule has 2 aromatic carbocycles. The predicted octanol–water partition coefficient (Wildman–Crippen LogP) is 5.46. The zero-order valence-corrected chi connectivity index (χ0v) is 15.4. The molecular formula is C23H25N3O. The van der Waals surface area contributed by atoms with Crippen molar-refractivity contribution in [3.63, 3.8) is 0 Å². The number of hydrogen-bond acceptors (Lipinski definition) is 4. The maximum absolute atomic E-state index is 6.45. The van der Waals surface area contributed by atoms with E-state index in [1.54, 1.807) is 0 Å². The van der Waals surface area contributed by atoms with Gasteiger partial charge in [-0.25, -0.2) is 4.98 Å². The molecule has 0 aliphatic heterocycles. The van der Waals surface area contributed by atoms with Crippen molar-refractivity contribution in [1.82, 2.24) is 4.98 Å². The Balaban J connectivity index is 1.30. The highest BCUT2D eigenvalue weighted by molar-refractivity contribution is 5.79. The van der Waals surface area contributed by atoms with Crippen LogP contribution in [0, 0.1) is 17.8 Å². The molecule has 1 heterocycles. The molecule has 27 heavy (non-hydrogen) atoms. The number of nitrogens with zero attached hydrogens (tertiary/aromatic N) is 1. The van der Waals surface area contributed by atoms with E-state index in [1.807, 2.05) is 30.3 Å². The predicted molar refractivity (Wildman–Crippen MR) is 108 cm³/mol. The van der Waals surface area contributed by atoms with E-state index in [0.717, 1.165) is 45.8 Å². The van der Waals surface area contributed by atoms with Crippen LogP contribution < -0.4 is 11.1 Å². The summed E-state index contributed by atoms with van der Waals surface area (Å²) in [6, 6.07) is 14.0. The molecule has 4 aliphatic carbocycles. The van der Waals surface area contributed by atoms with Crippen molar-refractivity contribution in [3.05, 3.63) is 42.5 Å². The van der Waals surface area contributed by atoms with Crippen molar-refractivity contribution in [2.45, 2.75) is 44.1 Å². The van der Waals surface area contributed by atoms with Crippen LogP contribution in [0.1, 0.15) is 38.5 Å². The molecule has 4 saturated carbocycles. The van der Waals surface area contributed by atoms with Crippen LogP contribution in [0.5, 0.6) is 0 Å². The van der Waals surface area contributed by atoms with Gasteiger partial charge in [0.15, 0.2) is 5.58 Å². The van der Waals surface area contributed by atoms with Gasteiger partial charge in [-0.2, -0.15) is 0 Å². The van der Waals surface area contributed by atoms with Gasteiger partial charge in [-0.3, -0.25) is 0 Å². The van der Waals surface area contributed by atoms with Crippen LogP contribution in [0.25, 0.3) is 22.6 Å². The van der Waals surface area contributed by atoms with Gasteiger partial charge in [-0.05, 0) is 86.6 Å². The van der Waals surface area contributed by atoms with Gasteiger partial charge in [0, 0.05) is 11.1 Å². The average molecular weight is 359 g/mol. The van der Waals surface area contributed by atoms with E-state index in [1.165, 1.54) is 38.5 Å². The number of para-hydroxylation sites is 2. The van der Waals surface area contributed by atoms with E-state index >= 15 is 0 Å². The molecular weight excluding hydrogens is 334 g/mol. The summed E-state index contributed by atoms with van der Waals surface area (Å²) < 4.78 is 5.90. The van der Waals surface area contributed by atoms with E-state index in [0.29, 0.717) is 5.89 Å². The van der Waals surface area contributed by atoms with Crippen LogP contribution >= 0.6 is 0 Å². The lowest BCUT2D eigenvalue weighted by Gasteiger charge is -2.57. The summed E-state index contributed by atoms with van der Waals surface area (Å²) in [6.45, 7) is 0. The maximum Gasteiger partial charge on any atom is 0.227 e. The monoisotopic (exact) mass is 359 g/mol. The summed E-state index contributed by atoms with van der Waals surface area (Å²) in [5, 5.41) is 3.88. The molecule has 3 N–H and O–H groups in total. The van der Waals surface area contributed by atoms with Gasteiger partial charge in [0.2, 0.25) is 5.89 Å². The van der Waals surface area contributed by atoms with E-state index in [4.69, 9.17) is 10.2 Å². The number of nitrogens with two attached hydrogens (primary N) is 1. The number of nitrogen functional groups attached to an aromatic ring is 1. The van der Waals surface area contributed by atoms with Crippen LogP contribution in [0.15, 0.2) is 46.9 Å². The van der Waals surface area contributed by atoms with Gasteiger partial charge >= 0.3 is 0 Å². The van der Waals surface area contributed by atoms with Crippen LogP contribution in [0.2, 0.25) is 0 Å². The average Bonchev–Trinajstić information content (AvgIpc) is 3.06. The molecule has 4 aliphatic rings. The third-order valence-corrected chi connectivity index (χ3v) is 7.03. The lowest BCUT2D eigenvalue weighted by molar-refractivity contribution is 0.0107. The Bertz CT molecular complexity index is 953. The first-order chi connectivity index (χ1) is 13.2. The van der Waals surface area contributed by atoms with Crippen LogP contribution in [0.4, 0.5) is 11.4 Å². The Hall–Kier alpha value is -2.49. The first-order valence-corrected chi connectivity index (χ1v) is 10.2. The minimum Gasteiger partial charge on any atom is -0.436 e. The quantitative estimate of drug-likeness (QED) is 0.610. The second-order valence-electron chi connectivity index (χ2n) is 9.11. The fourth-order valence-corrected chi connectivity index (χ4v) is 6.35. The van der Waals surface area contributed by atoms with Gasteiger partial charge in [0.1, 0.15) is 5.52 Å². The maximum atomic E-state index is 6.45. The third kappa shape index (κ3) is 2.53. The van der Waals surface area contributed by atoms with Gasteiger partial charge in [-0.15, -0.1) is 0 Å². The summed E-state index contributed by atoms with van der Waals surface area (Å²) in [7, 11) is 0. The van der Waals surface area contributed by atoms with Gasteiger partial charge in [-0.1, -0.05) is 12.1 Å². The normalized spacial score (nSPS) is 31.5. The molecule has 0 spiro atoms. The number of fused-ring (bicyclic) bond motifs is 1. The van der Waals surface area contributed by atoms with Gasteiger partial charge in [0.25, 0.3) is 0 Å². The second-order valence-corrected chi connectivity index (χ2v) is 9.11. The molecule has 4 fully saturated rings. The molecule has 3 aromatic rings. The lowest BCUT2D eigenvalue weighted by atomic mass is 9.53. The minimum atomic E-state index is 0.266. The Labute approximate surface area is 159 Å². The lowest BCUT2D eigenvalue weighted by Crippen LogP contribution is -2.54. The summed E-state index contributed by atoms with van der Waals surface area (Å²) >= 11 is 0. The summed E-state index contributed by atoms with van der Waals surface area (Å²) in [5.74, 6) is 3.39. The Morgan fingerprint density at radius 1 is 0.963 bits per heavy atom. The molecule has 4 heteroatoms. The Morgan fingerprint density at radius 3 is 2.33 bits per heavy atom. The van der Waals surface area contributed by atoms with Crippen molar-refractivity contribution in [2.24, 2.45) is 17.8 Å². The molecule has 0 unspecified atom stereocenters. The first kappa shape index (κ1) is 15.6. The molecule has 7 rings (SSSR count). The highest BCUT2D eigenvalue weighted by Gasteiger charge is 2.51. The van der Waals surface area contributed by atoms with Crippen molar-refractivity contribution in [2.75, 3.05) is 11.1 Å². The number of aromatic nitrogens is 1. The van der Waals surface area contributed by atoms with Crippen molar-refractivity contribution in [3.8, 4) is 11.5 Å². The van der Waals surface area contributed by atoms with Crippen LogP contribution in [0.3, 0.4) is 0 Å². The number of benzene rings is 2. The molecule has 4 bridgehead atoms. The molecule has 0 radical (unpaired) electrons. The summed E-state index contributed by atoms with van der Waals surface area (Å²) in [5.41, 5.74) is 11.2. The Morgan fingerprint density at radius 2 is 1.67 bits per heavy atom. The summed E-state index contributed by atoms with van der Waals surface area (Å²) in [4.78, 5) is 4.59. The number of hydrogen-bond donors (Lipinski definition) is 2. The number of oxazole rings is 1.